The van der Waals surface area contributed by atoms with Crippen LogP contribution in [0.15, 0.2) is 22.0 Å². The lowest BCUT2D eigenvalue weighted by Crippen LogP contribution is -2.34. The minimum absolute atomic E-state index is 0.226. The number of nitrogens with zero attached hydrogens (tertiary/aromatic N) is 1. The fourth-order valence-electron chi connectivity index (χ4n) is 3.05. The minimum atomic E-state index is -0.226. The van der Waals surface area contributed by atoms with E-state index in [4.69, 9.17) is 33.0 Å². The van der Waals surface area contributed by atoms with Gasteiger partial charge in [-0.25, -0.2) is 0 Å². The van der Waals surface area contributed by atoms with E-state index in [1.807, 2.05) is 24.0 Å². The molecule has 0 atom stereocenters. The average molecular weight is 366 g/mol. The molecule has 3 nitrogen and oxygen atoms in total. The van der Waals surface area contributed by atoms with Crippen molar-refractivity contribution in [1.82, 2.24) is 0 Å². The van der Waals surface area contributed by atoms with Gasteiger partial charge < -0.3 is 8.59 Å². The van der Waals surface area contributed by atoms with E-state index < -0.39 is 0 Å². The van der Waals surface area contributed by atoms with Gasteiger partial charge in [0.1, 0.15) is 9.57 Å². The maximum Gasteiger partial charge on any atom is 0.227 e. The molecule has 1 aromatic carbocycles. The van der Waals surface area contributed by atoms with Crippen molar-refractivity contribution in [3.8, 4) is 5.75 Å². The van der Waals surface area contributed by atoms with Gasteiger partial charge >= 0.3 is 0 Å². The maximum absolute atomic E-state index is 5.85. The molecular weight excluding hydrogens is 346 g/mol. The fourth-order valence-corrected chi connectivity index (χ4v) is 4.41. The number of hydrogen-bond donors (Lipinski definition) is 0. The first kappa shape index (κ1) is 16.6. The van der Waals surface area contributed by atoms with Crippen LogP contribution in [0.25, 0.3) is 0 Å². The maximum atomic E-state index is 5.85. The molecule has 2 aromatic rings. The van der Waals surface area contributed by atoms with Crippen LogP contribution in [-0.2, 0) is 5.41 Å². The smallest absolute Gasteiger partial charge is 0.227 e. The molecule has 0 bridgehead atoms. The van der Waals surface area contributed by atoms with Crippen molar-refractivity contribution in [1.29, 1.82) is 0 Å². The summed E-state index contributed by atoms with van der Waals surface area (Å²) in [7, 11) is 0. The van der Waals surface area contributed by atoms with Gasteiger partial charge in [0.05, 0.1) is 34.5 Å². The lowest BCUT2D eigenvalue weighted by Gasteiger charge is -2.38. The van der Waals surface area contributed by atoms with E-state index in [1.54, 1.807) is 0 Å². The predicted octanol–water partition coefficient (Wildman–Crippen LogP) is 5.98. The first-order valence-corrected chi connectivity index (χ1v) is 9.21. The summed E-state index contributed by atoms with van der Waals surface area (Å²) in [6, 6.07) is 6.16. The molecule has 1 aromatic heterocycles. The van der Waals surface area contributed by atoms with Crippen LogP contribution in [0.5, 0.6) is 5.75 Å². The normalized spacial score (nSPS) is 15.0. The van der Waals surface area contributed by atoms with Crippen molar-refractivity contribution in [3.05, 3.63) is 33.1 Å². The fraction of sp³-hybridized carbons (Fsp3) is 0.412. The van der Waals surface area contributed by atoms with E-state index in [0.717, 1.165) is 38.1 Å². The Morgan fingerprint density at radius 1 is 1.35 bits per heavy atom. The molecule has 23 heavy (non-hydrogen) atoms. The van der Waals surface area contributed by atoms with Crippen molar-refractivity contribution in [2.75, 3.05) is 11.5 Å². The van der Waals surface area contributed by atoms with Gasteiger partial charge in [-0.3, -0.25) is 4.90 Å². The standard InChI is InChI=1S/C17H19NO2S3/c1-5-13(21)18-12-9-10(19-6-2)7-8-11(12)17(3,4)14-15(18)20-23-16(14)22/h7-9H,5-6H2,1-4H3. The Labute approximate surface area is 151 Å². The molecule has 0 saturated carbocycles. The van der Waals surface area contributed by atoms with Gasteiger partial charge in [0, 0.05) is 11.5 Å². The lowest BCUT2D eigenvalue weighted by molar-refractivity contribution is 0.340. The van der Waals surface area contributed by atoms with Crippen molar-refractivity contribution < 1.29 is 8.59 Å². The number of rotatable bonds is 3. The molecule has 6 heteroatoms. The number of benzene rings is 1. The summed E-state index contributed by atoms with van der Waals surface area (Å²) in [5, 5.41) is 0. The molecule has 0 amide bonds. The van der Waals surface area contributed by atoms with E-state index in [0.29, 0.717) is 6.61 Å². The highest BCUT2D eigenvalue weighted by Crippen LogP contribution is 2.52. The Bertz CT molecular complexity index is 819. The summed E-state index contributed by atoms with van der Waals surface area (Å²) in [5.74, 6) is 1.60. The van der Waals surface area contributed by atoms with Crippen molar-refractivity contribution in [3.63, 3.8) is 0 Å². The molecule has 0 spiro atoms. The van der Waals surface area contributed by atoms with Crippen LogP contribution in [-0.4, -0.2) is 11.6 Å². The number of thiocarbonyl (C=S) groups is 1. The van der Waals surface area contributed by atoms with E-state index in [9.17, 15) is 0 Å². The summed E-state index contributed by atoms with van der Waals surface area (Å²) < 4.78 is 12.3. The predicted molar refractivity (Wildman–Crippen MR) is 102 cm³/mol. The monoisotopic (exact) mass is 365 g/mol. The molecule has 0 unspecified atom stereocenters. The van der Waals surface area contributed by atoms with Crippen LogP contribution in [0.1, 0.15) is 45.2 Å². The lowest BCUT2D eigenvalue weighted by atomic mass is 9.76. The largest absolute Gasteiger partial charge is 0.494 e. The van der Waals surface area contributed by atoms with Crippen LogP contribution >= 0.6 is 36.1 Å². The summed E-state index contributed by atoms with van der Waals surface area (Å²) in [6.45, 7) is 9.01. The third-order valence-electron chi connectivity index (χ3n) is 4.19. The van der Waals surface area contributed by atoms with Crippen LogP contribution in [0, 0.1) is 3.82 Å². The second-order valence-corrected chi connectivity index (χ2v) is 7.83. The number of ether oxygens (including phenoxy) is 1. The van der Waals surface area contributed by atoms with Crippen molar-refractivity contribution in [2.24, 2.45) is 0 Å². The topological polar surface area (TPSA) is 25.6 Å². The molecule has 3 rings (SSSR count). The highest BCUT2D eigenvalue weighted by atomic mass is 32.2. The van der Waals surface area contributed by atoms with Gasteiger partial charge in [0.25, 0.3) is 0 Å². The summed E-state index contributed by atoms with van der Waals surface area (Å²) in [4.78, 5) is 2.83. The number of hydrogen-bond acceptors (Lipinski definition) is 5. The Morgan fingerprint density at radius 2 is 2.09 bits per heavy atom. The third-order valence-corrected chi connectivity index (χ3v) is 5.66. The molecular formula is C17H19NO2S3. The second-order valence-electron chi connectivity index (χ2n) is 5.95. The minimum Gasteiger partial charge on any atom is -0.494 e. The molecule has 0 radical (unpaired) electrons. The Hall–Kier alpha value is -1.24. The zero-order valence-corrected chi connectivity index (χ0v) is 16.1. The number of fused-ring (bicyclic) bond motifs is 2. The Kier molecular flexibility index (Phi) is 4.33. The molecule has 0 fully saturated rings. The third kappa shape index (κ3) is 2.53. The van der Waals surface area contributed by atoms with Crippen LogP contribution in [0.4, 0.5) is 11.6 Å². The van der Waals surface area contributed by atoms with E-state index in [1.165, 1.54) is 17.2 Å². The van der Waals surface area contributed by atoms with E-state index >= 15 is 0 Å². The summed E-state index contributed by atoms with van der Waals surface area (Å²) in [5.41, 5.74) is 3.03. The van der Waals surface area contributed by atoms with Gasteiger partial charge in [-0.15, -0.1) is 0 Å². The zero-order chi connectivity index (χ0) is 16.8. The molecule has 0 aliphatic carbocycles. The SMILES string of the molecule is CCOc1ccc2c(c1)N(C(=S)CC)c1osc(=S)c1C2(C)C. The Morgan fingerprint density at radius 3 is 2.74 bits per heavy atom. The zero-order valence-electron chi connectivity index (χ0n) is 13.6. The highest BCUT2D eigenvalue weighted by Gasteiger charge is 2.41. The van der Waals surface area contributed by atoms with Crippen LogP contribution in [0.2, 0.25) is 0 Å². The van der Waals surface area contributed by atoms with Gasteiger partial charge in [-0.2, -0.15) is 0 Å². The van der Waals surface area contributed by atoms with Crippen LogP contribution in [0.3, 0.4) is 0 Å². The van der Waals surface area contributed by atoms with Crippen molar-refractivity contribution in [2.45, 2.75) is 39.5 Å². The van der Waals surface area contributed by atoms with Gasteiger partial charge in [-0.1, -0.05) is 51.3 Å². The molecule has 122 valence electrons. The summed E-state index contributed by atoms with van der Waals surface area (Å²) in [6.07, 6.45) is 0.756. The first-order chi connectivity index (χ1) is 10.9. The molecule has 0 saturated heterocycles. The first-order valence-electron chi connectivity index (χ1n) is 7.65. The quantitative estimate of drug-likeness (QED) is 0.623. The molecule has 1 aliphatic rings. The molecule has 2 heterocycles. The highest BCUT2D eigenvalue weighted by molar-refractivity contribution is 7.80. The van der Waals surface area contributed by atoms with E-state index in [2.05, 4.69) is 26.8 Å². The summed E-state index contributed by atoms with van der Waals surface area (Å²) >= 11 is 12.4. The van der Waals surface area contributed by atoms with Gasteiger partial charge in [0.2, 0.25) is 5.88 Å². The van der Waals surface area contributed by atoms with Gasteiger partial charge in [0.15, 0.2) is 0 Å². The molecule has 1 aliphatic heterocycles. The molecule has 0 N–H and O–H groups in total. The Balaban J connectivity index is 2.30. The second kappa shape index (κ2) is 6.00. The van der Waals surface area contributed by atoms with Gasteiger partial charge in [-0.05, 0) is 25.0 Å². The van der Waals surface area contributed by atoms with Crippen molar-refractivity contribution >= 4 is 52.6 Å². The average Bonchev–Trinajstić information content (AvgIpc) is 2.90. The van der Waals surface area contributed by atoms with E-state index in [-0.39, 0.29) is 5.41 Å². The van der Waals surface area contributed by atoms with Crippen LogP contribution < -0.4 is 9.64 Å². The number of anilines is 2.